The van der Waals surface area contributed by atoms with E-state index >= 15 is 0 Å². The minimum absolute atomic E-state index is 0.0757. The van der Waals surface area contributed by atoms with E-state index in [1.165, 1.54) is 30.1 Å². The summed E-state index contributed by atoms with van der Waals surface area (Å²) < 4.78 is 32.4. The van der Waals surface area contributed by atoms with Crippen molar-refractivity contribution in [3.8, 4) is 5.75 Å². The highest BCUT2D eigenvalue weighted by Gasteiger charge is 2.17. The third-order valence-electron chi connectivity index (χ3n) is 4.08. The van der Waals surface area contributed by atoms with Gasteiger partial charge in [-0.1, -0.05) is 6.07 Å². The van der Waals surface area contributed by atoms with Crippen molar-refractivity contribution in [2.45, 2.75) is 22.0 Å². The summed E-state index contributed by atoms with van der Waals surface area (Å²) in [6.07, 6.45) is 1.50. The molecule has 30 heavy (non-hydrogen) atoms. The Morgan fingerprint density at radius 3 is 2.33 bits per heavy atom. The van der Waals surface area contributed by atoms with Gasteiger partial charge in [0.15, 0.2) is 0 Å². The SMILES string of the molecule is COc1ccc(S[C@@H](C)C(=O)Nc2ccc(S(=O)(=O)Nc3ccccn3)cc2)cc1. The minimum Gasteiger partial charge on any atom is -0.497 e. The number of rotatable bonds is 8. The van der Waals surface area contributed by atoms with E-state index in [0.29, 0.717) is 5.69 Å². The number of pyridine rings is 1. The quantitative estimate of drug-likeness (QED) is 0.511. The number of hydrogen-bond acceptors (Lipinski definition) is 6. The van der Waals surface area contributed by atoms with Crippen LogP contribution in [0, 0.1) is 0 Å². The molecule has 1 heterocycles. The number of methoxy groups -OCH3 is 1. The molecular weight excluding hydrogens is 422 g/mol. The lowest BCUT2D eigenvalue weighted by Crippen LogP contribution is -2.22. The van der Waals surface area contributed by atoms with Crippen molar-refractivity contribution < 1.29 is 17.9 Å². The van der Waals surface area contributed by atoms with Gasteiger partial charge in [-0.25, -0.2) is 13.4 Å². The van der Waals surface area contributed by atoms with Gasteiger partial charge in [-0.3, -0.25) is 9.52 Å². The van der Waals surface area contributed by atoms with Crippen molar-refractivity contribution in [1.29, 1.82) is 0 Å². The standard InChI is InChI=1S/C21H21N3O4S2/c1-15(29-18-10-8-17(28-2)9-11-18)21(25)23-16-6-12-19(13-7-16)30(26,27)24-20-5-3-4-14-22-20/h3-15H,1-2H3,(H,22,24)(H,23,25)/t15-/m0/s1. The van der Waals surface area contributed by atoms with Gasteiger partial charge in [0.05, 0.1) is 17.3 Å². The predicted octanol–water partition coefficient (Wildman–Crippen LogP) is 4.01. The molecule has 2 aromatic carbocycles. The second-order valence-corrected chi connectivity index (χ2v) is 9.37. The van der Waals surface area contributed by atoms with Crippen LogP contribution in [-0.4, -0.2) is 31.7 Å². The number of carbonyl (C=O) groups is 1. The van der Waals surface area contributed by atoms with Crippen LogP contribution in [0.2, 0.25) is 0 Å². The Hall–Kier alpha value is -3.04. The van der Waals surface area contributed by atoms with Gasteiger partial charge in [-0.05, 0) is 67.6 Å². The van der Waals surface area contributed by atoms with Crippen molar-refractivity contribution in [2.24, 2.45) is 0 Å². The molecular formula is C21H21N3O4S2. The highest BCUT2D eigenvalue weighted by Crippen LogP contribution is 2.26. The Morgan fingerprint density at radius 2 is 1.73 bits per heavy atom. The molecule has 0 fully saturated rings. The summed E-state index contributed by atoms with van der Waals surface area (Å²) >= 11 is 1.42. The highest BCUT2D eigenvalue weighted by molar-refractivity contribution is 8.00. The van der Waals surface area contributed by atoms with Crippen LogP contribution in [-0.2, 0) is 14.8 Å². The zero-order valence-electron chi connectivity index (χ0n) is 16.4. The number of carbonyl (C=O) groups excluding carboxylic acids is 1. The zero-order chi connectivity index (χ0) is 21.6. The normalized spacial score (nSPS) is 12.1. The van der Waals surface area contributed by atoms with Crippen molar-refractivity contribution in [2.75, 3.05) is 17.1 Å². The molecule has 0 spiro atoms. The van der Waals surface area contributed by atoms with Gasteiger partial charge in [-0.15, -0.1) is 11.8 Å². The molecule has 0 unspecified atom stereocenters. The summed E-state index contributed by atoms with van der Waals surface area (Å²) in [6, 6.07) is 18.4. The summed E-state index contributed by atoms with van der Waals surface area (Å²) in [5.41, 5.74) is 0.513. The van der Waals surface area contributed by atoms with Gasteiger partial charge in [0, 0.05) is 16.8 Å². The number of nitrogens with zero attached hydrogens (tertiary/aromatic N) is 1. The Balaban J connectivity index is 1.60. The van der Waals surface area contributed by atoms with Gasteiger partial charge in [-0.2, -0.15) is 0 Å². The van der Waals surface area contributed by atoms with Crippen molar-refractivity contribution >= 4 is 39.2 Å². The number of amides is 1. The molecule has 3 rings (SSSR count). The average molecular weight is 444 g/mol. The van der Waals surface area contributed by atoms with Gasteiger partial charge in [0.2, 0.25) is 5.91 Å². The van der Waals surface area contributed by atoms with Crippen molar-refractivity contribution in [3.05, 3.63) is 72.9 Å². The van der Waals surface area contributed by atoms with Crippen LogP contribution in [0.15, 0.2) is 82.7 Å². The third-order valence-corrected chi connectivity index (χ3v) is 6.56. The molecule has 0 bridgehead atoms. The monoisotopic (exact) mass is 443 g/mol. The molecule has 0 saturated carbocycles. The predicted molar refractivity (Wildman–Crippen MR) is 118 cm³/mol. The molecule has 1 amide bonds. The molecule has 0 radical (unpaired) electrons. The number of anilines is 2. The maximum Gasteiger partial charge on any atom is 0.263 e. The minimum atomic E-state index is -3.76. The van der Waals surface area contributed by atoms with E-state index in [0.717, 1.165) is 10.6 Å². The van der Waals surface area contributed by atoms with Crippen molar-refractivity contribution in [3.63, 3.8) is 0 Å². The molecule has 156 valence electrons. The first-order valence-corrected chi connectivity index (χ1v) is 11.4. The van der Waals surface area contributed by atoms with E-state index in [1.54, 1.807) is 44.4 Å². The van der Waals surface area contributed by atoms with Crippen LogP contribution in [0.3, 0.4) is 0 Å². The lowest BCUT2D eigenvalue weighted by atomic mass is 10.3. The number of aromatic nitrogens is 1. The van der Waals surface area contributed by atoms with Crippen LogP contribution in [0.25, 0.3) is 0 Å². The van der Waals surface area contributed by atoms with Crippen molar-refractivity contribution in [1.82, 2.24) is 4.98 Å². The number of ether oxygens (including phenoxy) is 1. The maximum absolute atomic E-state index is 12.5. The zero-order valence-corrected chi connectivity index (χ0v) is 18.0. The van der Waals surface area contributed by atoms with Crippen LogP contribution in [0.5, 0.6) is 5.75 Å². The average Bonchev–Trinajstić information content (AvgIpc) is 2.75. The van der Waals surface area contributed by atoms with Crippen LogP contribution in [0.4, 0.5) is 11.5 Å². The Morgan fingerprint density at radius 1 is 1.03 bits per heavy atom. The molecule has 1 aromatic heterocycles. The van der Waals surface area contributed by atoms with Crippen LogP contribution < -0.4 is 14.8 Å². The van der Waals surface area contributed by atoms with E-state index in [1.807, 2.05) is 24.3 Å². The first-order chi connectivity index (χ1) is 14.4. The van der Waals surface area contributed by atoms with Gasteiger partial charge >= 0.3 is 0 Å². The molecule has 0 aliphatic rings. The lowest BCUT2D eigenvalue weighted by molar-refractivity contribution is -0.115. The van der Waals surface area contributed by atoms with E-state index in [2.05, 4.69) is 15.0 Å². The van der Waals surface area contributed by atoms with Crippen LogP contribution >= 0.6 is 11.8 Å². The number of hydrogen-bond donors (Lipinski definition) is 2. The van der Waals surface area contributed by atoms with E-state index < -0.39 is 10.0 Å². The Kier molecular flexibility index (Phi) is 6.96. The second kappa shape index (κ2) is 9.64. The first kappa shape index (κ1) is 21.7. The fourth-order valence-corrected chi connectivity index (χ4v) is 4.37. The van der Waals surface area contributed by atoms with Gasteiger partial charge < -0.3 is 10.1 Å². The summed E-state index contributed by atoms with van der Waals surface area (Å²) in [4.78, 5) is 17.4. The Bertz CT molecular complexity index is 1090. The number of nitrogens with one attached hydrogen (secondary N) is 2. The first-order valence-electron chi connectivity index (χ1n) is 9.03. The molecule has 0 aliphatic carbocycles. The maximum atomic E-state index is 12.5. The van der Waals surface area contributed by atoms with E-state index in [-0.39, 0.29) is 21.9 Å². The van der Waals surface area contributed by atoms with E-state index in [4.69, 9.17) is 4.74 Å². The summed E-state index contributed by atoms with van der Waals surface area (Å²) in [7, 11) is -2.16. The Labute approximate surface area is 179 Å². The third kappa shape index (κ3) is 5.74. The molecule has 2 N–H and O–H groups in total. The van der Waals surface area contributed by atoms with Gasteiger partial charge in [0.25, 0.3) is 10.0 Å². The summed E-state index contributed by atoms with van der Waals surface area (Å²) in [5, 5.41) is 2.46. The molecule has 7 nitrogen and oxygen atoms in total. The summed E-state index contributed by atoms with van der Waals surface area (Å²) in [5.74, 6) is 0.807. The van der Waals surface area contributed by atoms with Crippen LogP contribution in [0.1, 0.15) is 6.92 Å². The second-order valence-electron chi connectivity index (χ2n) is 6.27. The molecule has 0 aliphatic heterocycles. The number of thioether (sulfide) groups is 1. The number of sulfonamides is 1. The van der Waals surface area contributed by atoms with Gasteiger partial charge in [0.1, 0.15) is 11.6 Å². The molecule has 0 saturated heterocycles. The number of benzene rings is 2. The molecule has 9 heteroatoms. The van der Waals surface area contributed by atoms with E-state index in [9.17, 15) is 13.2 Å². The molecule has 3 aromatic rings. The smallest absolute Gasteiger partial charge is 0.263 e. The topological polar surface area (TPSA) is 97.4 Å². The molecule has 1 atom stereocenters. The fourth-order valence-electron chi connectivity index (χ4n) is 2.49. The fraction of sp³-hybridized carbons (Fsp3) is 0.143. The highest BCUT2D eigenvalue weighted by atomic mass is 32.2. The largest absolute Gasteiger partial charge is 0.497 e. The lowest BCUT2D eigenvalue weighted by Gasteiger charge is -2.13. The summed E-state index contributed by atoms with van der Waals surface area (Å²) in [6.45, 7) is 1.81.